The molecule has 1 aliphatic carbocycles. The summed E-state index contributed by atoms with van der Waals surface area (Å²) in [6.45, 7) is 0.608. The fourth-order valence-electron chi connectivity index (χ4n) is 5.74. The number of rotatable bonds is 5. The highest BCUT2D eigenvalue weighted by Gasteiger charge is 2.58. The van der Waals surface area contributed by atoms with Gasteiger partial charge in [0.1, 0.15) is 17.8 Å². The molecule has 3 fully saturated rings. The van der Waals surface area contributed by atoms with Crippen molar-refractivity contribution >= 4 is 50.9 Å². The summed E-state index contributed by atoms with van der Waals surface area (Å²) in [5, 5.41) is 17.2. The molecule has 0 bridgehead atoms. The molecule has 12 heteroatoms. The third-order valence-corrected chi connectivity index (χ3v) is 8.69. The van der Waals surface area contributed by atoms with Crippen molar-refractivity contribution in [3.63, 3.8) is 0 Å². The fourth-order valence-corrected chi connectivity index (χ4v) is 6.89. The lowest BCUT2D eigenvalue weighted by molar-refractivity contribution is -0.129. The van der Waals surface area contributed by atoms with Gasteiger partial charge < -0.3 is 20.5 Å². The second-order valence-electron chi connectivity index (χ2n) is 9.65. The van der Waals surface area contributed by atoms with Crippen molar-refractivity contribution in [2.45, 2.75) is 50.1 Å². The number of piperidine rings is 1. The molecule has 8 nitrogen and oxygen atoms in total. The van der Waals surface area contributed by atoms with E-state index >= 15 is 0 Å². The van der Waals surface area contributed by atoms with E-state index in [4.69, 9.17) is 11.6 Å². The Hall–Kier alpha value is -2.71. The van der Waals surface area contributed by atoms with Gasteiger partial charge in [-0.05, 0) is 37.2 Å². The Balaban J connectivity index is 1.37. The summed E-state index contributed by atoms with van der Waals surface area (Å²) in [6.07, 6.45) is 0.639. The molecule has 186 valence electrons. The number of aromatic nitrogens is 1. The van der Waals surface area contributed by atoms with Gasteiger partial charge in [0.25, 0.3) is 5.91 Å². The van der Waals surface area contributed by atoms with Gasteiger partial charge in [0.05, 0.1) is 21.3 Å². The van der Waals surface area contributed by atoms with Crippen LogP contribution < -0.4 is 10.6 Å². The van der Waals surface area contributed by atoms with Crippen LogP contribution in [0.25, 0.3) is 10.2 Å². The van der Waals surface area contributed by atoms with Gasteiger partial charge in [-0.25, -0.2) is 8.78 Å². The van der Waals surface area contributed by atoms with Gasteiger partial charge in [0.2, 0.25) is 17.7 Å². The third kappa shape index (κ3) is 4.49. The lowest BCUT2D eigenvalue weighted by Gasteiger charge is -2.29. The number of hydrogen-bond acceptors (Lipinski definition) is 5. The first-order valence-electron chi connectivity index (χ1n) is 11.6. The summed E-state index contributed by atoms with van der Waals surface area (Å²) in [5.74, 6) is -5.82. The van der Waals surface area contributed by atoms with E-state index in [9.17, 15) is 28.4 Å². The Morgan fingerprint density at radius 2 is 2.20 bits per heavy atom. The molecule has 35 heavy (non-hydrogen) atoms. The average molecular weight is 524 g/mol. The molecule has 5 atom stereocenters. The number of aromatic amines is 1. The van der Waals surface area contributed by atoms with E-state index in [-0.39, 0.29) is 31.0 Å². The number of amides is 3. The first-order chi connectivity index (χ1) is 16.7. The van der Waals surface area contributed by atoms with Crippen molar-refractivity contribution in [3.05, 3.63) is 22.2 Å². The minimum atomic E-state index is -2.90. The number of nitrogens with zero attached hydrogens (tertiary/aromatic N) is 2. The topological polar surface area (TPSA) is 118 Å². The normalized spacial score (nSPS) is 28.4. The second kappa shape index (κ2) is 9.06. The number of nitrogens with one attached hydrogen (secondary N) is 3. The summed E-state index contributed by atoms with van der Waals surface area (Å²) in [5.41, 5.74) is 0.844. The minimum absolute atomic E-state index is 0.0276. The van der Waals surface area contributed by atoms with Crippen LogP contribution in [0.4, 0.5) is 8.78 Å². The molecule has 4 heterocycles. The fraction of sp³-hybridized carbons (Fsp3) is 0.565. The van der Waals surface area contributed by atoms with Crippen molar-refractivity contribution in [1.29, 1.82) is 5.26 Å². The predicted molar refractivity (Wildman–Crippen MR) is 125 cm³/mol. The lowest BCUT2D eigenvalue weighted by atomic mass is 9.90. The summed E-state index contributed by atoms with van der Waals surface area (Å²) in [7, 11) is 0. The van der Waals surface area contributed by atoms with Crippen LogP contribution in [-0.4, -0.2) is 58.7 Å². The van der Waals surface area contributed by atoms with Crippen molar-refractivity contribution in [3.8, 4) is 6.07 Å². The van der Waals surface area contributed by atoms with Crippen LogP contribution >= 0.6 is 22.9 Å². The van der Waals surface area contributed by atoms with Crippen LogP contribution in [-0.2, 0) is 9.59 Å². The molecule has 3 N–H and O–H groups in total. The minimum Gasteiger partial charge on any atom is -0.356 e. The molecule has 2 saturated heterocycles. The van der Waals surface area contributed by atoms with Crippen LogP contribution in [0.3, 0.4) is 0 Å². The van der Waals surface area contributed by atoms with Crippen LogP contribution in [0.5, 0.6) is 0 Å². The summed E-state index contributed by atoms with van der Waals surface area (Å²) >= 11 is 7.52. The highest BCUT2D eigenvalue weighted by atomic mass is 35.5. The molecule has 3 amide bonds. The Bertz CT molecular complexity index is 1220. The summed E-state index contributed by atoms with van der Waals surface area (Å²) in [4.78, 5) is 43.2. The van der Waals surface area contributed by atoms with Crippen molar-refractivity contribution in [2.24, 2.45) is 17.8 Å². The van der Waals surface area contributed by atoms with Crippen LogP contribution in [0.15, 0.2) is 11.4 Å². The van der Waals surface area contributed by atoms with Crippen LogP contribution in [0, 0.1) is 29.1 Å². The van der Waals surface area contributed by atoms with Gasteiger partial charge in [0.15, 0.2) is 0 Å². The molecule has 5 unspecified atom stereocenters. The van der Waals surface area contributed by atoms with E-state index in [1.54, 1.807) is 11.4 Å². The molecular weight excluding hydrogens is 500 g/mol. The molecule has 2 aromatic rings. The summed E-state index contributed by atoms with van der Waals surface area (Å²) in [6, 6.07) is 1.56. The predicted octanol–water partition coefficient (Wildman–Crippen LogP) is 3.29. The third-order valence-electron chi connectivity index (χ3n) is 7.33. The average Bonchev–Trinajstić information content (AvgIpc) is 3.54. The zero-order valence-electron chi connectivity index (χ0n) is 18.7. The first kappa shape index (κ1) is 24.0. The number of fused-ring (bicyclic) bond motifs is 2. The number of hydrogen-bond donors (Lipinski definition) is 3. The number of likely N-dealkylation sites (tertiary alicyclic amines) is 1. The number of carbonyl (C=O) groups is 3. The molecule has 2 aromatic heterocycles. The van der Waals surface area contributed by atoms with E-state index in [1.165, 1.54) is 16.2 Å². The smallest absolute Gasteiger partial charge is 0.271 e. The molecule has 0 radical (unpaired) electrons. The zero-order chi connectivity index (χ0) is 24.9. The Morgan fingerprint density at radius 1 is 1.40 bits per heavy atom. The van der Waals surface area contributed by atoms with Gasteiger partial charge in [-0.3, -0.25) is 14.4 Å². The van der Waals surface area contributed by atoms with E-state index in [1.807, 2.05) is 6.07 Å². The Labute approximate surface area is 209 Å². The Morgan fingerprint density at radius 3 is 2.91 bits per heavy atom. The number of nitriles is 1. The molecule has 3 aliphatic rings. The van der Waals surface area contributed by atoms with Crippen molar-refractivity contribution in [1.82, 2.24) is 20.5 Å². The highest BCUT2D eigenvalue weighted by molar-refractivity contribution is 7.17. The van der Waals surface area contributed by atoms with Gasteiger partial charge >= 0.3 is 0 Å². The largest absolute Gasteiger partial charge is 0.356 e. The molecule has 5 rings (SSSR count). The number of halogens is 3. The van der Waals surface area contributed by atoms with E-state index in [0.29, 0.717) is 23.5 Å². The number of carbonyl (C=O) groups excluding carboxylic acids is 3. The van der Waals surface area contributed by atoms with Gasteiger partial charge in [-0.1, -0.05) is 11.6 Å². The SMILES string of the molecule is N#CC(CC1CCCNC1=O)NC(=O)C1C2CC(F)(F)CC2CN1C(=O)c1cc2scc(Cl)c2[nH]1. The van der Waals surface area contributed by atoms with Crippen molar-refractivity contribution in [2.75, 3.05) is 13.1 Å². The van der Waals surface area contributed by atoms with Crippen LogP contribution in [0.2, 0.25) is 5.02 Å². The van der Waals surface area contributed by atoms with Crippen molar-refractivity contribution < 1.29 is 23.2 Å². The molecule has 0 aromatic carbocycles. The number of alkyl halides is 2. The Kier molecular flexibility index (Phi) is 6.21. The highest BCUT2D eigenvalue weighted by Crippen LogP contribution is 2.50. The van der Waals surface area contributed by atoms with Gasteiger partial charge in [-0.15, -0.1) is 11.3 Å². The first-order valence-corrected chi connectivity index (χ1v) is 12.8. The number of thiophene rings is 1. The maximum atomic E-state index is 14.2. The molecule has 1 saturated carbocycles. The second-order valence-corrected chi connectivity index (χ2v) is 11.0. The molecule has 0 spiro atoms. The monoisotopic (exact) mass is 523 g/mol. The molecular formula is C23H24ClF2N5O3S. The standard InChI is InChI=1S/C23H24ClF2N5O3S/c24-15-10-35-17-5-16(30-18(15)17)22(34)31-9-12-6-23(25,26)7-14(12)19(31)21(33)29-13(8-27)4-11-2-1-3-28-20(11)32/h5,10-14,19,30H,1-4,6-7,9H2,(H,28,32)(H,29,33). The van der Waals surface area contributed by atoms with Gasteiger partial charge in [-0.2, -0.15) is 5.26 Å². The zero-order valence-corrected chi connectivity index (χ0v) is 20.2. The van der Waals surface area contributed by atoms with E-state index in [2.05, 4.69) is 15.6 Å². The summed E-state index contributed by atoms with van der Waals surface area (Å²) < 4.78 is 29.2. The maximum absolute atomic E-state index is 14.2. The van der Waals surface area contributed by atoms with Gasteiger partial charge in [0, 0.05) is 37.2 Å². The number of H-pyrrole nitrogens is 1. The lowest BCUT2D eigenvalue weighted by Crippen LogP contribution is -2.52. The molecule has 2 aliphatic heterocycles. The quantitative estimate of drug-likeness (QED) is 0.557. The van der Waals surface area contributed by atoms with Crippen LogP contribution in [0.1, 0.15) is 42.6 Å². The van der Waals surface area contributed by atoms with E-state index < -0.39 is 54.0 Å². The maximum Gasteiger partial charge on any atom is 0.271 e. The van der Waals surface area contributed by atoms with E-state index in [0.717, 1.165) is 11.1 Å².